The van der Waals surface area contributed by atoms with Crippen LogP contribution >= 0.6 is 0 Å². The molecule has 6 nitrogen and oxygen atoms in total. The summed E-state index contributed by atoms with van der Waals surface area (Å²) in [7, 11) is 3.33. The van der Waals surface area contributed by atoms with Gasteiger partial charge in [0.05, 0.1) is 37.4 Å². The summed E-state index contributed by atoms with van der Waals surface area (Å²) in [4.78, 5) is 0. The second kappa shape index (κ2) is 7.80. The first kappa shape index (κ1) is 14.6. The van der Waals surface area contributed by atoms with Gasteiger partial charge in [0.2, 0.25) is 0 Å². The van der Waals surface area contributed by atoms with Crippen molar-refractivity contribution in [3.05, 3.63) is 11.4 Å². The first-order valence-electron chi connectivity index (χ1n) is 6.06. The van der Waals surface area contributed by atoms with Gasteiger partial charge in [0, 0.05) is 20.6 Å². The van der Waals surface area contributed by atoms with E-state index >= 15 is 0 Å². The smallest absolute Gasteiger partial charge is 0.100 e. The molecule has 1 heterocycles. The van der Waals surface area contributed by atoms with Crippen molar-refractivity contribution in [1.29, 1.82) is 5.26 Å². The Morgan fingerprint density at radius 2 is 2.17 bits per heavy atom. The molecule has 6 heteroatoms. The third kappa shape index (κ3) is 3.52. The number of hydrogen-bond acceptors (Lipinski definition) is 5. The van der Waals surface area contributed by atoms with Crippen molar-refractivity contribution in [3.63, 3.8) is 0 Å². The number of nitrogens with zero attached hydrogens (tertiary/aromatic N) is 4. The van der Waals surface area contributed by atoms with Crippen LogP contribution < -0.4 is 0 Å². The summed E-state index contributed by atoms with van der Waals surface area (Å²) in [5.41, 5.74) is 1.71. The van der Waals surface area contributed by atoms with Crippen molar-refractivity contribution < 1.29 is 9.47 Å². The molecular weight excluding hydrogens is 232 g/mol. The van der Waals surface area contributed by atoms with Gasteiger partial charge in [0.1, 0.15) is 5.69 Å². The standard InChI is InChI=1S/C12H20N4O2/c1-4-10(9-18-3)16-12(6-8-17-2)11(5-7-13)14-15-16/h10H,4-6,8-9H2,1-3H3. The van der Waals surface area contributed by atoms with Gasteiger partial charge in [0.15, 0.2) is 0 Å². The maximum absolute atomic E-state index is 8.80. The highest BCUT2D eigenvalue weighted by Gasteiger charge is 2.18. The molecule has 0 N–H and O–H groups in total. The number of aromatic nitrogens is 3. The monoisotopic (exact) mass is 252 g/mol. The summed E-state index contributed by atoms with van der Waals surface area (Å²) in [5.74, 6) is 0. The SMILES string of the molecule is CCC(COC)n1nnc(CC#N)c1CCOC. The van der Waals surface area contributed by atoms with Crippen LogP contribution in [0.4, 0.5) is 0 Å². The molecule has 0 fully saturated rings. The zero-order valence-corrected chi connectivity index (χ0v) is 11.2. The van der Waals surface area contributed by atoms with E-state index in [-0.39, 0.29) is 12.5 Å². The molecule has 1 aromatic heterocycles. The van der Waals surface area contributed by atoms with Gasteiger partial charge in [-0.15, -0.1) is 5.10 Å². The minimum absolute atomic E-state index is 0.154. The second-order valence-electron chi connectivity index (χ2n) is 4.02. The normalized spacial score (nSPS) is 12.3. The van der Waals surface area contributed by atoms with Crippen molar-refractivity contribution in [2.45, 2.75) is 32.2 Å². The summed E-state index contributed by atoms with van der Waals surface area (Å²) in [6.45, 7) is 3.26. The summed E-state index contributed by atoms with van der Waals surface area (Å²) in [6.07, 6.45) is 1.90. The number of hydrogen-bond donors (Lipinski definition) is 0. The van der Waals surface area contributed by atoms with Crippen LogP contribution in [0, 0.1) is 11.3 Å². The Morgan fingerprint density at radius 1 is 1.39 bits per heavy atom. The minimum atomic E-state index is 0.154. The molecule has 0 aromatic carbocycles. The Kier molecular flexibility index (Phi) is 6.33. The van der Waals surface area contributed by atoms with E-state index < -0.39 is 0 Å². The number of rotatable bonds is 8. The molecule has 0 amide bonds. The van der Waals surface area contributed by atoms with E-state index in [9.17, 15) is 0 Å². The van der Waals surface area contributed by atoms with Gasteiger partial charge in [-0.3, -0.25) is 0 Å². The van der Waals surface area contributed by atoms with Gasteiger partial charge in [-0.25, -0.2) is 4.68 Å². The highest BCUT2D eigenvalue weighted by molar-refractivity contribution is 5.15. The Hall–Kier alpha value is -1.45. The maximum atomic E-state index is 8.80. The van der Waals surface area contributed by atoms with Crippen LogP contribution in [0.2, 0.25) is 0 Å². The molecule has 0 aliphatic heterocycles. The molecule has 0 bridgehead atoms. The molecule has 0 aliphatic carbocycles. The Bertz CT molecular complexity index is 397. The fourth-order valence-electron chi connectivity index (χ4n) is 1.86. The summed E-state index contributed by atoms with van der Waals surface area (Å²) in [5, 5.41) is 17.0. The molecular formula is C12H20N4O2. The van der Waals surface area contributed by atoms with Gasteiger partial charge < -0.3 is 9.47 Å². The van der Waals surface area contributed by atoms with E-state index in [1.807, 2.05) is 4.68 Å². The fraction of sp³-hybridized carbons (Fsp3) is 0.750. The molecule has 0 saturated heterocycles. The predicted octanol–water partition coefficient (Wildman–Crippen LogP) is 1.13. The molecule has 18 heavy (non-hydrogen) atoms. The van der Waals surface area contributed by atoms with Gasteiger partial charge in [-0.1, -0.05) is 12.1 Å². The molecule has 0 saturated carbocycles. The van der Waals surface area contributed by atoms with Gasteiger partial charge >= 0.3 is 0 Å². The van der Waals surface area contributed by atoms with Crippen molar-refractivity contribution in [3.8, 4) is 6.07 Å². The molecule has 1 aromatic rings. The van der Waals surface area contributed by atoms with E-state index in [1.165, 1.54) is 0 Å². The van der Waals surface area contributed by atoms with Gasteiger partial charge in [-0.05, 0) is 6.42 Å². The van der Waals surface area contributed by atoms with Crippen molar-refractivity contribution in [1.82, 2.24) is 15.0 Å². The molecule has 100 valence electrons. The largest absolute Gasteiger partial charge is 0.384 e. The molecule has 0 radical (unpaired) electrons. The molecule has 0 aliphatic rings. The zero-order valence-electron chi connectivity index (χ0n) is 11.2. The third-order valence-electron chi connectivity index (χ3n) is 2.84. The van der Waals surface area contributed by atoms with Crippen LogP contribution in [0.15, 0.2) is 0 Å². The first-order valence-corrected chi connectivity index (χ1v) is 6.06. The van der Waals surface area contributed by atoms with Crippen LogP contribution in [-0.4, -0.2) is 42.4 Å². The second-order valence-corrected chi connectivity index (χ2v) is 4.02. The van der Waals surface area contributed by atoms with Crippen LogP contribution in [0.25, 0.3) is 0 Å². The summed E-state index contributed by atoms with van der Waals surface area (Å²) < 4.78 is 12.2. The number of nitriles is 1. The fourth-order valence-corrected chi connectivity index (χ4v) is 1.86. The lowest BCUT2D eigenvalue weighted by molar-refractivity contribution is 0.143. The average molecular weight is 252 g/mol. The van der Waals surface area contributed by atoms with Crippen molar-refractivity contribution in [2.24, 2.45) is 0 Å². The third-order valence-corrected chi connectivity index (χ3v) is 2.84. The number of ether oxygens (including phenoxy) is 2. The summed E-state index contributed by atoms with van der Waals surface area (Å²) in [6, 6.07) is 2.27. The van der Waals surface area contributed by atoms with Crippen molar-refractivity contribution >= 4 is 0 Å². The molecule has 1 unspecified atom stereocenters. The van der Waals surface area contributed by atoms with Crippen molar-refractivity contribution in [2.75, 3.05) is 27.4 Å². The van der Waals surface area contributed by atoms with Crippen LogP contribution in [0.5, 0.6) is 0 Å². The van der Waals surface area contributed by atoms with Crippen LogP contribution in [0.1, 0.15) is 30.8 Å². The van der Waals surface area contributed by atoms with E-state index in [0.29, 0.717) is 19.6 Å². The Morgan fingerprint density at radius 3 is 2.72 bits per heavy atom. The molecule has 1 atom stereocenters. The predicted molar refractivity (Wildman–Crippen MR) is 66.1 cm³/mol. The van der Waals surface area contributed by atoms with E-state index in [2.05, 4.69) is 23.3 Å². The lowest BCUT2D eigenvalue weighted by atomic mass is 10.1. The van der Waals surface area contributed by atoms with E-state index in [1.54, 1.807) is 14.2 Å². The van der Waals surface area contributed by atoms with E-state index in [4.69, 9.17) is 14.7 Å². The average Bonchev–Trinajstić information content (AvgIpc) is 2.77. The highest BCUT2D eigenvalue weighted by atomic mass is 16.5. The Labute approximate surface area is 107 Å². The van der Waals surface area contributed by atoms with Gasteiger partial charge in [-0.2, -0.15) is 5.26 Å². The Balaban J connectivity index is 2.98. The maximum Gasteiger partial charge on any atom is 0.100 e. The highest BCUT2D eigenvalue weighted by Crippen LogP contribution is 2.17. The molecule has 1 rings (SSSR count). The molecule has 0 spiro atoms. The summed E-state index contributed by atoms with van der Waals surface area (Å²) >= 11 is 0. The lowest BCUT2D eigenvalue weighted by Crippen LogP contribution is -2.19. The first-order chi connectivity index (χ1) is 8.78. The van der Waals surface area contributed by atoms with E-state index in [0.717, 1.165) is 17.8 Å². The quantitative estimate of drug-likeness (QED) is 0.693. The van der Waals surface area contributed by atoms with Gasteiger partial charge in [0.25, 0.3) is 0 Å². The topological polar surface area (TPSA) is 73.0 Å². The van der Waals surface area contributed by atoms with Crippen LogP contribution in [0.3, 0.4) is 0 Å². The lowest BCUT2D eigenvalue weighted by Gasteiger charge is -2.17. The zero-order chi connectivity index (χ0) is 13.4. The minimum Gasteiger partial charge on any atom is -0.384 e. The number of methoxy groups -OCH3 is 2. The van der Waals surface area contributed by atoms with Crippen LogP contribution in [-0.2, 0) is 22.3 Å².